The van der Waals surface area contributed by atoms with Crippen LogP contribution in [-0.4, -0.2) is 23.9 Å². The van der Waals surface area contributed by atoms with Crippen molar-refractivity contribution in [3.05, 3.63) is 28.0 Å². The van der Waals surface area contributed by atoms with Gasteiger partial charge in [-0.3, -0.25) is 0 Å². The number of rotatable bonds is 6. The summed E-state index contributed by atoms with van der Waals surface area (Å²) in [5.41, 5.74) is 0.648. The fourth-order valence-electron chi connectivity index (χ4n) is 1.13. The molecule has 0 radical (unpaired) electrons. The molecule has 0 fully saturated rings. The van der Waals surface area contributed by atoms with Gasteiger partial charge >= 0.3 is 12.1 Å². The monoisotopic (exact) mass is 280 g/mol. The van der Waals surface area contributed by atoms with Crippen LogP contribution in [0.15, 0.2) is 17.5 Å². The molecule has 0 spiro atoms. The number of carboxylic acid groups (broad SMARTS) is 1. The van der Waals surface area contributed by atoms with Crippen LogP contribution in [0.3, 0.4) is 0 Å². The standard InChI is InChI=1S/C11H11F3O3S/c12-11(13,14)4-5-17-7-9-8(3-6-18-9)1-2-10(15)16/h1-3,6H,4-5,7H2,(H,15,16)/b2-1+. The molecule has 0 aliphatic heterocycles. The summed E-state index contributed by atoms with van der Waals surface area (Å²) in [5, 5.41) is 10.2. The molecule has 18 heavy (non-hydrogen) atoms. The Kier molecular flexibility index (Phi) is 5.36. The predicted octanol–water partition coefficient (Wildman–Crippen LogP) is 3.31. The van der Waals surface area contributed by atoms with E-state index in [-0.39, 0.29) is 6.61 Å². The van der Waals surface area contributed by atoms with Gasteiger partial charge in [-0.05, 0) is 23.1 Å². The lowest BCUT2D eigenvalue weighted by Crippen LogP contribution is -2.11. The lowest BCUT2D eigenvalue weighted by Gasteiger charge is -2.06. The Morgan fingerprint density at radius 2 is 2.22 bits per heavy atom. The van der Waals surface area contributed by atoms with E-state index in [1.54, 1.807) is 11.4 Å². The summed E-state index contributed by atoms with van der Waals surface area (Å²) in [5.74, 6) is -1.08. The van der Waals surface area contributed by atoms with Gasteiger partial charge in [0.05, 0.1) is 19.6 Å². The molecule has 1 heterocycles. The van der Waals surface area contributed by atoms with Crippen molar-refractivity contribution in [2.45, 2.75) is 19.2 Å². The van der Waals surface area contributed by atoms with E-state index in [9.17, 15) is 18.0 Å². The summed E-state index contributed by atoms with van der Waals surface area (Å²) in [6.07, 6.45) is -2.84. The van der Waals surface area contributed by atoms with Gasteiger partial charge in [0.1, 0.15) is 0 Å². The van der Waals surface area contributed by atoms with Crippen LogP contribution >= 0.6 is 11.3 Å². The highest BCUT2D eigenvalue weighted by Crippen LogP contribution is 2.22. The number of ether oxygens (including phenoxy) is 1. The Morgan fingerprint density at radius 1 is 1.50 bits per heavy atom. The lowest BCUT2D eigenvalue weighted by molar-refractivity contribution is -0.146. The number of alkyl halides is 3. The van der Waals surface area contributed by atoms with Crippen LogP contribution in [0.1, 0.15) is 16.9 Å². The maximum Gasteiger partial charge on any atom is 0.391 e. The van der Waals surface area contributed by atoms with Crippen molar-refractivity contribution >= 4 is 23.4 Å². The Hall–Kier alpha value is -1.34. The number of carbonyl (C=O) groups is 1. The maximum atomic E-state index is 11.9. The quantitative estimate of drug-likeness (QED) is 0.642. The van der Waals surface area contributed by atoms with Crippen LogP contribution in [0.5, 0.6) is 0 Å². The fourth-order valence-corrected chi connectivity index (χ4v) is 1.93. The largest absolute Gasteiger partial charge is 0.478 e. The summed E-state index contributed by atoms with van der Waals surface area (Å²) in [6, 6.07) is 1.69. The van der Waals surface area contributed by atoms with Gasteiger partial charge in [0.25, 0.3) is 0 Å². The molecular weight excluding hydrogens is 269 g/mol. The van der Waals surface area contributed by atoms with E-state index in [4.69, 9.17) is 9.84 Å². The Morgan fingerprint density at radius 3 is 2.83 bits per heavy atom. The zero-order chi connectivity index (χ0) is 13.6. The molecule has 0 aliphatic rings. The lowest BCUT2D eigenvalue weighted by atomic mass is 10.2. The second kappa shape index (κ2) is 6.55. The SMILES string of the molecule is O=C(O)/C=C/c1ccsc1COCCC(F)(F)F. The number of thiophene rings is 1. The highest BCUT2D eigenvalue weighted by Gasteiger charge is 2.26. The van der Waals surface area contributed by atoms with Gasteiger partial charge in [0.2, 0.25) is 0 Å². The van der Waals surface area contributed by atoms with Crippen molar-refractivity contribution in [1.29, 1.82) is 0 Å². The van der Waals surface area contributed by atoms with Gasteiger partial charge in [-0.25, -0.2) is 4.79 Å². The zero-order valence-electron chi connectivity index (χ0n) is 9.24. The second-order valence-electron chi connectivity index (χ2n) is 3.39. The molecule has 0 saturated carbocycles. The average Bonchev–Trinajstić information content (AvgIpc) is 2.67. The topological polar surface area (TPSA) is 46.5 Å². The van der Waals surface area contributed by atoms with Crippen LogP contribution in [0, 0.1) is 0 Å². The molecule has 0 saturated heterocycles. The third kappa shape index (κ3) is 5.83. The average molecular weight is 280 g/mol. The molecule has 1 aromatic rings. The van der Waals surface area contributed by atoms with Crippen molar-refractivity contribution < 1.29 is 27.8 Å². The number of aliphatic carboxylic acids is 1. The molecule has 0 aromatic carbocycles. The van der Waals surface area contributed by atoms with Crippen molar-refractivity contribution in [1.82, 2.24) is 0 Å². The molecule has 3 nitrogen and oxygen atoms in total. The van der Waals surface area contributed by atoms with Crippen LogP contribution < -0.4 is 0 Å². The normalized spacial score (nSPS) is 12.2. The van der Waals surface area contributed by atoms with Crippen LogP contribution in [0.25, 0.3) is 6.08 Å². The second-order valence-corrected chi connectivity index (χ2v) is 4.39. The minimum absolute atomic E-state index is 0.0486. The molecule has 100 valence electrons. The Balaban J connectivity index is 2.43. The minimum Gasteiger partial charge on any atom is -0.478 e. The summed E-state index contributed by atoms with van der Waals surface area (Å²) in [4.78, 5) is 11.0. The van der Waals surface area contributed by atoms with Gasteiger partial charge in [-0.1, -0.05) is 0 Å². The first-order chi connectivity index (χ1) is 8.38. The van der Waals surface area contributed by atoms with E-state index in [1.165, 1.54) is 17.4 Å². The summed E-state index contributed by atoms with van der Waals surface area (Å²) < 4.78 is 40.5. The Labute approximate surface area is 106 Å². The summed E-state index contributed by atoms with van der Waals surface area (Å²) in [7, 11) is 0. The van der Waals surface area contributed by atoms with E-state index in [1.807, 2.05) is 0 Å². The molecule has 0 amide bonds. The highest BCUT2D eigenvalue weighted by atomic mass is 32.1. The van der Waals surface area contributed by atoms with Gasteiger partial charge in [0.15, 0.2) is 0 Å². The minimum atomic E-state index is -4.22. The van der Waals surface area contributed by atoms with E-state index in [0.717, 1.165) is 6.08 Å². The first-order valence-corrected chi connectivity index (χ1v) is 5.88. The molecular formula is C11H11F3O3S. The smallest absolute Gasteiger partial charge is 0.391 e. The molecule has 1 N–H and O–H groups in total. The third-order valence-electron chi connectivity index (χ3n) is 1.95. The first-order valence-electron chi connectivity index (χ1n) is 5.00. The van der Waals surface area contributed by atoms with Gasteiger partial charge in [0, 0.05) is 11.0 Å². The number of hydrogen-bond acceptors (Lipinski definition) is 3. The summed E-state index contributed by atoms with van der Waals surface area (Å²) in [6.45, 7) is -0.351. The fraction of sp³-hybridized carbons (Fsp3) is 0.364. The zero-order valence-corrected chi connectivity index (χ0v) is 10.1. The number of hydrogen-bond donors (Lipinski definition) is 1. The molecule has 1 rings (SSSR count). The Bertz CT molecular complexity index is 423. The first kappa shape index (κ1) is 14.7. The van der Waals surface area contributed by atoms with Gasteiger partial charge in [-0.2, -0.15) is 13.2 Å². The molecule has 7 heteroatoms. The molecule has 0 atom stereocenters. The van der Waals surface area contributed by atoms with E-state index < -0.39 is 25.2 Å². The van der Waals surface area contributed by atoms with Crippen molar-refractivity contribution in [2.24, 2.45) is 0 Å². The van der Waals surface area contributed by atoms with E-state index >= 15 is 0 Å². The van der Waals surface area contributed by atoms with Crippen molar-refractivity contribution in [2.75, 3.05) is 6.61 Å². The highest BCUT2D eigenvalue weighted by molar-refractivity contribution is 7.10. The molecule has 1 aromatic heterocycles. The van der Waals surface area contributed by atoms with Gasteiger partial charge < -0.3 is 9.84 Å². The number of carboxylic acids is 1. The van der Waals surface area contributed by atoms with Crippen LogP contribution in [0.4, 0.5) is 13.2 Å². The molecule has 0 unspecified atom stereocenters. The van der Waals surface area contributed by atoms with E-state index in [2.05, 4.69) is 0 Å². The van der Waals surface area contributed by atoms with Crippen molar-refractivity contribution in [3.8, 4) is 0 Å². The van der Waals surface area contributed by atoms with Gasteiger partial charge in [-0.15, -0.1) is 11.3 Å². The predicted molar refractivity (Wildman–Crippen MR) is 61.3 cm³/mol. The number of halogens is 3. The summed E-state index contributed by atoms with van der Waals surface area (Å²) >= 11 is 1.31. The maximum absolute atomic E-state index is 11.9. The van der Waals surface area contributed by atoms with Crippen molar-refractivity contribution in [3.63, 3.8) is 0 Å². The van der Waals surface area contributed by atoms with Crippen LogP contribution in [0.2, 0.25) is 0 Å². The van der Waals surface area contributed by atoms with Crippen LogP contribution in [-0.2, 0) is 16.1 Å². The molecule has 0 aliphatic carbocycles. The molecule has 0 bridgehead atoms. The van der Waals surface area contributed by atoms with E-state index in [0.29, 0.717) is 10.4 Å². The third-order valence-corrected chi connectivity index (χ3v) is 2.86.